The van der Waals surface area contributed by atoms with E-state index in [4.69, 9.17) is 4.42 Å². The molecule has 0 fully saturated rings. The van der Waals surface area contributed by atoms with E-state index in [0.717, 1.165) is 11.3 Å². The topological polar surface area (TPSA) is 105 Å². The molecule has 0 bridgehead atoms. The number of benzene rings is 1. The van der Waals surface area contributed by atoms with E-state index in [-0.39, 0.29) is 23.4 Å². The van der Waals surface area contributed by atoms with Gasteiger partial charge in [-0.2, -0.15) is 4.68 Å². The van der Waals surface area contributed by atoms with Gasteiger partial charge in [0.2, 0.25) is 5.76 Å². The summed E-state index contributed by atoms with van der Waals surface area (Å²) >= 11 is 0. The molecule has 0 spiro atoms. The molecule has 1 aromatic carbocycles. The maximum absolute atomic E-state index is 12.7. The fourth-order valence-electron chi connectivity index (χ4n) is 2.73. The Morgan fingerprint density at radius 2 is 2.11 bits per heavy atom. The minimum absolute atomic E-state index is 0.0694. The second-order valence-electron chi connectivity index (χ2n) is 5.95. The van der Waals surface area contributed by atoms with Crippen LogP contribution in [0.5, 0.6) is 0 Å². The zero-order valence-corrected chi connectivity index (χ0v) is 14.6. The maximum Gasteiger partial charge on any atom is 0.373 e. The second-order valence-corrected chi connectivity index (χ2v) is 5.95. The van der Waals surface area contributed by atoms with Gasteiger partial charge in [0.1, 0.15) is 12.1 Å². The lowest BCUT2D eigenvalue weighted by atomic mass is 10.2. The molecule has 9 heteroatoms. The number of ether oxygens (including phenoxy) is 1. The van der Waals surface area contributed by atoms with Gasteiger partial charge >= 0.3 is 5.97 Å². The summed E-state index contributed by atoms with van der Waals surface area (Å²) in [7, 11) is 1.27. The Balaban J connectivity index is 1.70. The summed E-state index contributed by atoms with van der Waals surface area (Å²) in [5.74, 6) is -0.0898. The molecule has 3 aromatic heterocycles. The van der Waals surface area contributed by atoms with E-state index in [2.05, 4.69) is 20.0 Å². The van der Waals surface area contributed by atoms with Gasteiger partial charge < -0.3 is 9.15 Å². The van der Waals surface area contributed by atoms with Crippen LogP contribution in [0.15, 0.2) is 51.9 Å². The summed E-state index contributed by atoms with van der Waals surface area (Å²) in [5.41, 5.74) is 2.00. The van der Waals surface area contributed by atoms with Gasteiger partial charge in [0, 0.05) is 0 Å². The van der Waals surface area contributed by atoms with Crippen LogP contribution in [-0.4, -0.2) is 37.6 Å². The molecule has 0 aliphatic rings. The SMILES string of the molecule is COC(=O)c1ccc(Cn2cnc3c(nnn3-c3cccc(C)c3)c2=O)o1. The second kappa shape index (κ2) is 6.52. The normalized spacial score (nSPS) is 11.0. The van der Waals surface area contributed by atoms with Gasteiger partial charge in [-0.25, -0.2) is 9.78 Å². The number of esters is 1. The highest BCUT2D eigenvalue weighted by Crippen LogP contribution is 2.14. The number of fused-ring (bicyclic) bond motifs is 1. The highest BCUT2D eigenvalue weighted by Gasteiger charge is 2.15. The minimum Gasteiger partial charge on any atom is -0.463 e. The summed E-state index contributed by atoms with van der Waals surface area (Å²) in [6, 6.07) is 10.8. The van der Waals surface area contributed by atoms with E-state index >= 15 is 0 Å². The number of nitrogens with zero attached hydrogens (tertiary/aromatic N) is 5. The lowest BCUT2D eigenvalue weighted by Crippen LogP contribution is -2.21. The smallest absolute Gasteiger partial charge is 0.373 e. The Hall–Kier alpha value is -3.75. The van der Waals surface area contributed by atoms with E-state index < -0.39 is 5.97 Å². The molecular weight excluding hydrogens is 350 g/mol. The van der Waals surface area contributed by atoms with Crippen molar-refractivity contribution in [2.45, 2.75) is 13.5 Å². The molecule has 0 atom stereocenters. The van der Waals surface area contributed by atoms with Crippen LogP contribution in [0.3, 0.4) is 0 Å². The van der Waals surface area contributed by atoms with Crippen molar-refractivity contribution in [2.24, 2.45) is 0 Å². The third kappa shape index (κ3) is 2.99. The number of methoxy groups -OCH3 is 1. The zero-order chi connectivity index (χ0) is 19.0. The van der Waals surface area contributed by atoms with Crippen LogP contribution in [0.25, 0.3) is 16.9 Å². The highest BCUT2D eigenvalue weighted by atomic mass is 16.5. The largest absolute Gasteiger partial charge is 0.463 e. The van der Waals surface area contributed by atoms with Gasteiger partial charge in [0.15, 0.2) is 11.2 Å². The predicted molar refractivity (Wildman–Crippen MR) is 94.8 cm³/mol. The van der Waals surface area contributed by atoms with Crippen LogP contribution in [-0.2, 0) is 11.3 Å². The van der Waals surface area contributed by atoms with Crippen molar-refractivity contribution >= 4 is 17.1 Å². The molecule has 136 valence electrons. The van der Waals surface area contributed by atoms with Crippen molar-refractivity contribution in [1.82, 2.24) is 24.5 Å². The van der Waals surface area contributed by atoms with Gasteiger partial charge in [-0.3, -0.25) is 9.36 Å². The first-order valence-electron chi connectivity index (χ1n) is 8.12. The van der Waals surface area contributed by atoms with Crippen LogP contribution in [0.4, 0.5) is 0 Å². The monoisotopic (exact) mass is 365 g/mol. The van der Waals surface area contributed by atoms with Crippen LogP contribution in [0.2, 0.25) is 0 Å². The summed E-state index contributed by atoms with van der Waals surface area (Å²) in [6.07, 6.45) is 1.40. The Bertz CT molecular complexity index is 1200. The Morgan fingerprint density at radius 3 is 2.89 bits per heavy atom. The van der Waals surface area contributed by atoms with Gasteiger partial charge in [-0.1, -0.05) is 17.3 Å². The quantitative estimate of drug-likeness (QED) is 0.507. The fourth-order valence-corrected chi connectivity index (χ4v) is 2.73. The van der Waals surface area contributed by atoms with E-state index in [0.29, 0.717) is 11.4 Å². The summed E-state index contributed by atoms with van der Waals surface area (Å²) in [4.78, 5) is 28.5. The number of rotatable bonds is 4. The van der Waals surface area contributed by atoms with Crippen LogP contribution < -0.4 is 5.56 Å². The summed E-state index contributed by atoms with van der Waals surface area (Å²) in [6.45, 7) is 2.07. The van der Waals surface area contributed by atoms with Gasteiger partial charge in [0.05, 0.1) is 19.3 Å². The van der Waals surface area contributed by atoms with E-state index in [1.807, 2.05) is 31.2 Å². The molecule has 0 amide bonds. The van der Waals surface area contributed by atoms with Crippen LogP contribution in [0, 0.1) is 6.92 Å². The number of furan rings is 1. The molecule has 3 heterocycles. The number of hydrogen-bond donors (Lipinski definition) is 0. The van der Waals surface area contributed by atoms with E-state index in [1.54, 1.807) is 6.07 Å². The maximum atomic E-state index is 12.7. The third-order valence-corrected chi connectivity index (χ3v) is 4.05. The average molecular weight is 365 g/mol. The number of aromatic nitrogens is 5. The van der Waals surface area contributed by atoms with Crippen molar-refractivity contribution in [1.29, 1.82) is 0 Å². The molecule has 0 saturated carbocycles. The highest BCUT2D eigenvalue weighted by molar-refractivity contribution is 5.86. The van der Waals surface area contributed by atoms with Crippen LogP contribution in [0.1, 0.15) is 21.9 Å². The van der Waals surface area contributed by atoms with Crippen molar-refractivity contribution in [3.63, 3.8) is 0 Å². The fraction of sp³-hybridized carbons (Fsp3) is 0.167. The standard InChI is InChI=1S/C18H15N5O4/c1-11-4-3-5-12(8-11)23-16-15(20-21-23)17(24)22(10-19-16)9-13-6-7-14(27-13)18(25)26-2/h3-8,10H,9H2,1-2H3. The van der Waals surface area contributed by atoms with Crippen molar-refractivity contribution in [3.8, 4) is 5.69 Å². The van der Waals surface area contributed by atoms with Crippen LogP contribution >= 0.6 is 0 Å². The van der Waals surface area contributed by atoms with E-state index in [1.165, 1.54) is 28.8 Å². The molecule has 4 aromatic rings. The Morgan fingerprint density at radius 1 is 1.26 bits per heavy atom. The Kier molecular flexibility index (Phi) is 4.03. The molecule has 0 saturated heterocycles. The molecular formula is C18H15N5O4. The average Bonchev–Trinajstić information content (AvgIpc) is 3.31. The van der Waals surface area contributed by atoms with Crippen molar-refractivity contribution in [3.05, 3.63) is 70.2 Å². The Labute approximate surface area is 152 Å². The predicted octanol–water partition coefficient (Wildman–Crippen LogP) is 1.71. The molecule has 27 heavy (non-hydrogen) atoms. The first-order chi connectivity index (χ1) is 13.1. The van der Waals surface area contributed by atoms with E-state index in [9.17, 15) is 9.59 Å². The molecule has 0 aliphatic heterocycles. The molecule has 4 rings (SSSR count). The lowest BCUT2D eigenvalue weighted by molar-refractivity contribution is 0.0563. The minimum atomic E-state index is -0.580. The van der Waals surface area contributed by atoms with Crippen molar-refractivity contribution < 1.29 is 13.9 Å². The van der Waals surface area contributed by atoms with Crippen molar-refractivity contribution in [2.75, 3.05) is 7.11 Å². The first-order valence-corrected chi connectivity index (χ1v) is 8.12. The van der Waals surface area contributed by atoms with Gasteiger partial charge in [0.25, 0.3) is 5.56 Å². The molecule has 9 nitrogen and oxygen atoms in total. The van der Waals surface area contributed by atoms with Gasteiger partial charge in [-0.15, -0.1) is 5.10 Å². The molecule has 0 N–H and O–H groups in total. The number of aryl methyl sites for hydroxylation is 1. The summed E-state index contributed by atoms with van der Waals surface area (Å²) < 4.78 is 12.9. The number of carbonyl (C=O) groups is 1. The third-order valence-electron chi connectivity index (χ3n) is 4.05. The zero-order valence-electron chi connectivity index (χ0n) is 14.6. The van der Waals surface area contributed by atoms with Gasteiger partial charge in [-0.05, 0) is 36.8 Å². The summed E-state index contributed by atoms with van der Waals surface area (Å²) in [5, 5.41) is 8.05. The lowest BCUT2D eigenvalue weighted by Gasteiger charge is -2.04. The molecule has 0 unspecified atom stereocenters. The molecule has 0 aliphatic carbocycles. The first kappa shape index (κ1) is 16.7. The number of hydrogen-bond acceptors (Lipinski definition) is 7. The molecule has 0 radical (unpaired) electrons. The number of carbonyl (C=O) groups excluding carboxylic acids is 1.